The van der Waals surface area contributed by atoms with Crippen molar-refractivity contribution in [2.24, 2.45) is 0 Å². The highest BCUT2D eigenvalue weighted by molar-refractivity contribution is 5.29. The first kappa shape index (κ1) is 15.3. The summed E-state index contributed by atoms with van der Waals surface area (Å²) in [5.41, 5.74) is 0.656. The van der Waals surface area contributed by atoms with Crippen LogP contribution < -0.4 is 0 Å². The second kappa shape index (κ2) is 6.55. The second-order valence-electron chi connectivity index (χ2n) is 5.71. The largest absolute Gasteiger partial charge is 0.508 e. The Bertz CT molecular complexity index is 444. The molecule has 20 heavy (non-hydrogen) atoms. The molecule has 1 aromatic rings. The Kier molecular flexibility index (Phi) is 5.00. The first-order valence-electron chi connectivity index (χ1n) is 7.45. The van der Waals surface area contributed by atoms with E-state index in [1.54, 1.807) is 12.1 Å². The van der Waals surface area contributed by atoms with E-state index in [2.05, 4.69) is 23.8 Å². The fraction of sp³-hybridized carbons (Fsp3) is 0.625. The first-order valence-corrected chi connectivity index (χ1v) is 7.45. The molecular formula is C16H25FN2O. The van der Waals surface area contributed by atoms with Crippen LogP contribution in [0.5, 0.6) is 5.75 Å². The van der Waals surface area contributed by atoms with Crippen LogP contribution in [0.3, 0.4) is 0 Å². The van der Waals surface area contributed by atoms with Gasteiger partial charge in [0.1, 0.15) is 11.6 Å². The highest BCUT2D eigenvalue weighted by atomic mass is 19.1. The molecule has 0 aromatic heterocycles. The highest BCUT2D eigenvalue weighted by Crippen LogP contribution is 2.28. The summed E-state index contributed by atoms with van der Waals surface area (Å²) in [6, 6.07) is 4.96. The minimum atomic E-state index is -0.324. The number of likely N-dealkylation sites (tertiary alicyclic amines) is 1. The number of aromatic hydroxyl groups is 1. The molecule has 1 N–H and O–H groups in total. The van der Waals surface area contributed by atoms with Gasteiger partial charge >= 0.3 is 0 Å². The molecule has 1 aromatic carbocycles. The lowest BCUT2D eigenvalue weighted by molar-refractivity contribution is 0.103. The molecule has 2 rings (SSSR count). The van der Waals surface area contributed by atoms with Gasteiger partial charge in [0.15, 0.2) is 0 Å². The summed E-state index contributed by atoms with van der Waals surface area (Å²) in [5, 5.41) is 9.30. The Balaban J connectivity index is 2.03. The molecule has 3 nitrogen and oxygen atoms in total. The van der Waals surface area contributed by atoms with Crippen LogP contribution in [0.25, 0.3) is 0 Å². The van der Waals surface area contributed by atoms with E-state index in [0.717, 1.165) is 32.5 Å². The topological polar surface area (TPSA) is 26.7 Å². The second-order valence-corrected chi connectivity index (χ2v) is 5.71. The zero-order chi connectivity index (χ0) is 14.7. The van der Waals surface area contributed by atoms with Crippen molar-refractivity contribution in [2.75, 3.05) is 26.7 Å². The highest BCUT2D eigenvalue weighted by Gasteiger charge is 2.26. The fourth-order valence-corrected chi connectivity index (χ4v) is 3.03. The van der Waals surface area contributed by atoms with E-state index in [-0.39, 0.29) is 17.6 Å². The van der Waals surface area contributed by atoms with Crippen molar-refractivity contribution in [3.63, 3.8) is 0 Å². The molecule has 1 fully saturated rings. The van der Waals surface area contributed by atoms with Gasteiger partial charge in [0.2, 0.25) is 0 Å². The quantitative estimate of drug-likeness (QED) is 0.918. The summed E-state index contributed by atoms with van der Waals surface area (Å²) in [4.78, 5) is 4.72. The normalized spacial score (nSPS) is 19.4. The maximum atomic E-state index is 14.0. The third-order valence-electron chi connectivity index (χ3n) is 4.63. The van der Waals surface area contributed by atoms with Gasteiger partial charge in [0, 0.05) is 23.7 Å². The standard InChI is InChI=1S/C16H25FN2O/c1-4-19-9-7-13(8-10-19)18(3)12(2)15-6-5-14(20)11-16(15)17/h5-6,11-13,20H,4,7-10H2,1-3H3. The van der Waals surface area contributed by atoms with Crippen molar-refractivity contribution in [1.29, 1.82) is 0 Å². The third-order valence-corrected chi connectivity index (χ3v) is 4.63. The minimum absolute atomic E-state index is 0.0163. The molecular weight excluding hydrogens is 255 g/mol. The number of hydrogen-bond acceptors (Lipinski definition) is 3. The zero-order valence-corrected chi connectivity index (χ0v) is 12.6. The fourth-order valence-electron chi connectivity index (χ4n) is 3.03. The van der Waals surface area contributed by atoms with E-state index in [0.29, 0.717) is 11.6 Å². The van der Waals surface area contributed by atoms with E-state index in [4.69, 9.17) is 0 Å². The summed E-state index contributed by atoms with van der Waals surface area (Å²) in [6.07, 6.45) is 2.27. The van der Waals surface area contributed by atoms with Crippen LogP contribution in [0.15, 0.2) is 18.2 Å². The average molecular weight is 280 g/mol. The predicted octanol–water partition coefficient (Wildman–Crippen LogP) is 3.01. The summed E-state index contributed by atoms with van der Waals surface area (Å²) in [5.74, 6) is -0.340. The summed E-state index contributed by atoms with van der Waals surface area (Å²) in [6.45, 7) is 7.57. The van der Waals surface area contributed by atoms with Crippen LogP contribution in [-0.4, -0.2) is 47.6 Å². The van der Waals surface area contributed by atoms with E-state index in [9.17, 15) is 9.50 Å². The van der Waals surface area contributed by atoms with Crippen molar-refractivity contribution < 1.29 is 9.50 Å². The number of phenolic OH excluding ortho intramolecular Hbond substituents is 1. The molecule has 1 atom stereocenters. The molecule has 0 amide bonds. The monoisotopic (exact) mass is 280 g/mol. The molecule has 0 saturated carbocycles. The van der Waals surface area contributed by atoms with Crippen LogP contribution in [-0.2, 0) is 0 Å². The van der Waals surface area contributed by atoms with Crippen molar-refractivity contribution in [3.8, 4) is 5.75 Å². The smallest absolute Gasteiger partial charge is 0.131 e. The molecule has 0 radical (unpaired) electrons. The lowest BCUT2D eigenvalue weighted by Gasteiger charge is -2.39. The number of phenols is 1. The number of piperidine rings is 1. The van der Waals surface area contributed by atoms with Gasteiger partial charge in [0.25, 0.3) is 0 Å². The van der Waals surface area contributed by atoms with Gasteiger partial charge in [0.05, 0.1) is 0 Å². The van der Waals surface area contributed by atoms with Crippen molar-refractivity contribution in [2.45, 2.75) is 38.8 Å². The molecule has 0 aliphatic carbocycles. The molecule has 1 unspecified atom stereocenters. The van der Waals surface area contributed by atoms with Gasteiger partial charge in [-0.1, -0.05) is 13.0 Å². The third kappa shape index (κ3) is 3.30. The van der Waals surface area contributed by atoms with Crippen molar-refractivity contribution >= 4 is 0 Å². The Morgan fingerprint density at radius 2 is 2.05 bits per heavy atom. The molecule has 1 aliphatic heterocycles. The molecule has 112 valence electrons. The molecule has 0 bridgehead atoms. The van der Waals surface area contributed by atoms with Crippen LogP contribution >= 0.6 is 0 Å². The minimum Gasteiger partial charge on any atom is -0.508 e. The summed E-state index contributed by atoms with van der Waals surface area (Å²) in [7, 11) is 2.07. The van der Waals surface area contributed by atoms with Gasteiger partial charge in [-0.2, -0.15) is 0 Å². The van der Waals surface area contributed by atoms with Crippen LogP contribution in [0.4, 0.5) is 4.39 Å². The molecule has 4 heteroatoms. The van der Waals surface area contributed by atoms with Gasteiger partial charge in [-0.05, 0) is 52.5 Å². The van der Waals surface area contributed by atoms with E-state index in [1.165, 1.54) is 6.07 Å². The summed E-state index contributed by atoms with van der Waals surface area (Å²) < 4.78 is 14.0. The first-order chi connectivity index (χ1) is 9.52. The Morgan fingerprint density at radius 1 is 1.40 bits per heavy atom. The van der Waals surface area contributed by atoms with E-state index >= 15 is 0 Å². The number of rotatable bonds is 4. The van der Waals surface area contributed by atoms with Crippen molar-refractivity contribution in [1.82, 2.24) is 9.80 Å². The Morgan fingerprint density at radius 3 is 2.60 bits per heavy atom. The Hall–Kier alpha value is -1.13. The number of halogens is 1. The van der Waals surface area contributed by atoms with Crippen molar-refractivity contribution in [3.05, 3.63) is 29.6 Å². The molecule has 1 aliphatic rings. The van der Waals surface area contributed by atoms with Crippen LogP contribution in [0.1, 0.15) is 38.3 Å². The van der Waals surface area contributed by atoms with E-state index in [1.807, 2.05) is 6.92 Å². The van der Waals surface area contributed by atoms with Crippen LogP contribution in [0.2, 0.25) is 0 Å². The molecule has 1 saturated heterocycles. The van der Waals surface area contributed by atoms with Gasteiger partial charge in [-0.3, -0.25) is 4.90 Å². The lowest BCUT2D eigenvalue weighted by atomic mass is 9.99. The number of benzene rings is 1. The lowest BCUT2D eigenvalue weighted by Crippen LogP contribution is -2.44. The number of hydrogen-bond donors (Lipinski definition) is 1. The molecule has 0 spiro atoms. The van der Waals surface area contributed by atoms with Gasteiger partial charge < -0.3 is 10.0 Å². The average Bonchev–Trinajstić information content (AvgIpc) is 2.46. The Labute approximate surface area is 121 Å². The maximum absolute atomic E-state index is 14.0. The maximum Gasteiger partial charge on any atom is 0.131 e. The predicted molar refractivity (Wildman–Crippen MR) is 79.4 cm³/mol. The number of nitrogens with zero attached hydrogens (tertiary/aromatic N) is 2. The van der Waals surface area contributed by atoms with Crippen LogP contribution in [0, 0.1) is 5.82 Å². The van der Waals surface area contributed by atoms with Gasteiger partial charge in [-0.15, -0.1) is 0 Å². The molecule has 1 heterocycles. The van der Waals surface area contributed by atoms with Gasteiger partial charge in [-0.25, -0.2) is 4.39 Å². The SMILES string of the molecule is CCN1CCC(N(C)C(C)c2ccc(O)cc2F)CC1. The summed E-state index contributed by atoms with van der Waals surface area (Å²) >= 11 is 0. The zero-order valence-electron chi connectivity index (χ0n) is 12.6. The van der Waals surface area contributed by atoms with E-state index < -0.39 is 0 Å².